The fraction of sp³-hybridized carbons (Fsp3) is 0.462. The fourth-order valence-electron chi connectivity index (χ4n) is 1.83. The third-order valence-electron chi connectivity index (χ3n) is 2.75. The van der Waals surface area contributed by atoms with Gasteiger partial charge in [-0.3, -0.25) is 0 Å². The largest absolute Gasteiger partial charge is 0.493 e. The number of ether oxygens (including phenoxy) is 3. The molecule has 0 saturated heterocycles. The van der Waals surface area contributed by atoms with Crippen LogP contribution in [0.2, 0.25) is 0 Å². The van der Waals surface area contributed by atoms with Crippen LogP contribution in [-0.2, 0) is 16.0 Å². The summed E-state index contributed by atoms with van der Waals surface area (Å²) in [5, 5.41) is 10.0. The molecule has 100 valence electrons. The Labute approximate surface area is 106 Å². The number of hydrogen-bond acceptors (Lipinski definition) is 5. The van der Waals surface area contributed by atoms with Crippen molar-refractivity contribution >= 4 is 5.97 Å². The number of aliphatic hydroxyl groups is 1. The van der Waals surface area contributed by atoms with Crippen molar-refractivity contribution in [2.75, 3.05) is 21.3 Å². The minimum absolute atomic E-state index is 0.356. The molecule has 0 aromatic heterocycles. The number of hydrogen-bond donors (Lipinski definition) is 1. The van der Waals surface area contributed by atoms with Crippen LogP contribution in [0.3, 0.4) is 0 Å². The standard InChI is InChI=1S/C13H18O5/c1-5-8-6-7-9(16-2)12(17-3)10(8)11(14)13(15)18-4/h6-7,11,14H,5H2,1-4H3. The van der Waals surface area contributed by atoms with Gasteiger partial charge in [0.15, 0.2) is 17.6 Å². The van der Waals surface area contributed by atoms with Gasteiger partial charge in [-0.2, -0.15) is 0 Å². The molecule has 0 radical (unpaired) electrons. The predicted molar refractivity (Wildman–Crippen MR) is 65.9 cm³/mol. The summed E-state index contributed by atoms with van der Waals surface area (Å²) in [5.74, 6) is 0.0960. The van der Waals surface area contributed by atoms with Gasteiger partial charge in [0.1, 0.15) is 0 Å². The molecule has 5 heteroatoms. The van der Waals surface area contributed by atoms with Crippen molar-refractivity contribution < 1.29 is 24.1 Å². The molecule has 0 fully saturated rings. The van der Waals surface area contributed by atoms with E-state index < -0.39 is 12.1 Å². The number of methoxy groups -OCH3 is 3. The lowest BCUT2D eigenvalue weighted by Crippen LogP contribution is -2.16. The first-order chi connectivity index (χ1) is 8.60. The van der Waals surface area contributed by atoms with Gasteiger partial charge in [0, 0.05) is 5.56 Å². The summed E-state index contributed by atoms with van der Waals surface area (Å²) in [5.41, 5.74) is 1.21. The van der Waals surface area contributed by atoms with Crippen LogP contribution < -0.4 is 9.47 Å². The molecule has 18 heavy (non-hydrogen) atoms. The molecular formula is C13H18O5. The van der Waals surface area contributed by atoms with E-state index in [1.165, 1.54) is 21.3 Å². The first kappa shape index (κ1) is 14.3. The number of aliphatic hydroxyl groups excluding tert-OH is 1. The highest BCUT2D eigenvalue weighted by Crippen LogP contribution is 2.38. The summed E-state index contributed by atoms with van der Waals surface area (Å²) in [4.78, 5) is 11.5. The zero-order valence-electron chi connectivity index (χ0n) is 11.0. The molecule has 5 nitrogen and oxygen atoms in total. The maximum atomic E-state index is 11.5. The van der Waals surface area contributed by atoms with Crippen molar-refractivity contribution in [1.82, 2.24) is 0 Å². The summed E-state index contributed by atoms with van der Waals surface area (Å²) in [6, 6.07) is 3.54. The lowest BCUT2D eigenvalue weighted by atomic mass is 9.98. The molecule has 0 amide bonds. The predicted octanol–water partition coefficient (Wildman–Crippen LogP) is 1.47. The highest BCUT2D eigenvalue weighted by atomic mass is 16.5. The Balaban J connectivity index is 3.40. The van der Waals surface area contributed by atoms with E-state index in [2.05, 4.69) is 4.74 Å². The lowest BCUT2D eigenvalue weighted by Gasteiger charge is -2.19. The maximum Gasteiger partial charge on any atom is 0.339 e. The van der Waals surface area contributed by atoms with Crippen LogP contribution in [-0.4, -0.2) is 32.4 Å². The molecule has 0 aliphatic carbocycles. The minimum Gasteiger partial charge on any atom is -0.493 e. The number of esters is 1. The van der Waals surface area contributed by atoms with Gasteiger partial charge in [0.05, 0.1) is 21.3 Å². The second-order valence-corrected chi connectivity index (χ2v) is 3.65. The second kappa shape index (κ2) is 6.26. The molecule has 1 N–H and O–H groups in total. The summed E-state index contributed by atoms with van der Waals surface area (Å²) in [7, 11) is 4.19. The van der Waals surface area contributed by atoms with Crippen LogP contribution in [0.4, 0.5) is 0 Å². The Kier molecular flexibility index (Phi) is 4.97. The van der Waals surface area contributed by atoms with Gasteiger partial charge in [-0.15, -0.1) is 0 Å². The number of rotatable bonds is 5. The van der Waals surface area contributed by atoms with Gasteiger partial charge in [-0.1, -0.05) is 13.0 Å². The van der Waals surface area contributed by atoms with Crippen molar-refractivity contribution in [3.05, 3.63) is 23.3 Å². The molecule has 0 aliphatic heterocycles. The molecule has 0 bridgehead atoms. The Morgan fingerprint density at radius 3 is 2.39 bits per heavy atom. The Bertz CT molecular complexity index is 428. The normalized spacial score (nSPS) is 11.8. The Hall–Kier alpha value is -1.75. The average Bonchev–Trinajstić information content (AvgIpc) is 2.43. The maximum absolute atomic E-state index is 11.5. The smallest absolute Gasteiger partial charge is 0.339 e. The molecule has 0 heterocycles. The Morgan fingerprint density at radius 2 is 1.94 bits per heavy atom. The van der Waals surface area contributed by atoms with Gasteiger partial charge < -0.3 is 19.3 Å². The summed E-state index contributed by atoms with van der Waals surface area (Å²) < 4.78 is 14.9. The van der Waals surface area contributed by atoms with E-state index in [0.717, 1.165) is 5.56 Å². The van der Waals surface area contributed by atoms with Gasteiger partial charge in [0.2, 0.25) is 0 Å². The quantitative estimate of drug-likeness (QED) is 0.806. The van der Waals surface area contributed by atoms with Gasteiger partial charge in [-0.05, 0) is 18.1 Å². The summed E-state index contributed by atoms with van der Waals surface area (Å²) in [6.45, 7) is 1.93. The van der Waals surface area contributed by atoms with Crippen molar-refractivity contribution in [3.8, 4) is 11.5 Å². The molecule has 1 atom stereocenters. The third-order valence-corrected chi connectivity index (χ3v) is 2.75. The zero-order valence-corrected chi connectivity index (χ0v) is 11.0. The summed E-state index contributed by atoms with van der Waals surface area (Å²) in [6.07, 6.45) is -0.723. The third kappa shape index (κ3) is 2.56. The number of carbonyl (C=O) groups is 1. The van der Waals surface area contributed by atoms with Crippen LogP contribution in [0.25, 0.3) is 0 Å². The van der Waals surface area contributed by atoms with Crippen molar-refractivity contribution in [2.24, 2.45) is 0 Å². The van der Waals surface area contributed by atoms with Gasteiger partial charge in [-0.25, -0.2) is 4.79 Å². The molecule has 1 aromatic rings. The molecule has 1 aromatic carbocycles. The van der Waals surface area contributed by atoms with Crippen molar-refractivity contribution in [2.45, 2.75) is 19.4 Å². The van der Waals surface area contributed by atoms with E-state index >= 15 is 0 Å². The SMILES string of the molecule is CCc1ccc(OC)c(OC)c1C(O)C(=O)OC. The minimum atomic E-state index is -1.38. The van der Waals surface area contributed by atoms with E-state index in [-0.39, 0.29) is 0 Å². The first-order valence-corrected chi connectivity index (χ1v) is 5.60. The zero-order chi connectivity index (χ0) is 13.7. The van der Waals surface area contributed by atoms with E-state index in [1.807, 2.05) is 6.92 Å². The van der Waals surface area contributed by atoms with Crippen LogP contribution >= 0.6 is 0 Å². The lowest BCUT2D eigenvalue weighted by molar-refractivity contribution is -0.150. The van der Waals surface area contributed by atoms with E-state index in [1.54, 1.807) is 12.1 Å². The highest BCUT2D eigenvalue weighted by Gasteiger charge is 2.26. The molecule has 0 aliphatic rings. The van der Waals surface area contributed by atoms with Crippen LogP contribution in [0.15, 0.2) is 12.1 Å². The van der Waals surface area contributed by atoms with E-state index in [4.69, 9.17) is 9.47 Å². The molecule has 0 spiro atoms. The van der Waals surface area contributed by atoms with E-state index in [0.29, 0.717) is 23.5 Å². The van der Waals surface area contributed by atoms with Crippen LogP contribution in [0.5, 0.6) is 11.5 Å². The monoisotopic (exact) mass is 254 g/mol. The van der Waals surface area contributed by atoms with Gasteiger partial charge >= 0.3 is 5.97 Å². The summed E-state index contributed by atoms with van der Waals surface area (Å²) >= 11 is 0. The fourth-order valence-corrected chi connectivity index (χ4v) is 1.83. The topological polar surface area (TPSA) is 65.0 Å². The van der Waals surface area contributed by atoms with Crippen molar-refractivity contribution in [1.29, 1.82) is 0 Å². The Morgan fingerprint density at radius 1 is 1.28 bits per heavy atom. The van der Waals surface area contributed by atoms with Gasteiger partial charge in [0.25, 0.3) is 0 Å². The van der Waals surface area contributed by atoms with Crippen molar-refractivity contribution in [3.63, 3.8) is 0 Å². The first-order valence-electron chi connectivity index (χ1n) is 5.60. The van der Waals surface area contributed by atoms with Crippen LogP contribution in [0, 0.1) is 0 Å². The molecule has 0 saturated carbocycles. The van der Waals surface area contributed by atoms with E-state index in [9.17, 15) is 9.90 Å². The molecule has 1 unspecified atom stereocenters. The molecule has 1 rings (SSSR count). The number of benzene rings is 1. The highest BCUT2D eigenvalue weighted by molar-refractivity contribution is 5.78. The number of carbonyl (C=O) groups excluding carboxylic acids is 1. The molecular weight excluding hydrogens is 236 g/mol. The second-order valence-electron chi connectivity index (χ2n) is 3.65. The average molecular weight is 254 g/mol. The van der Waals surface area contributed by atoms with Crippen LogP contribution in [0.1, 0.15) is 24.2 Å². The number of aryl methyl sites for hydroxylation is 1.